The highest BCUT2D eigenvalue weighted by molar-refractivity contribution is 6.30. The van der Waals surface area contributed by atoms with Crippen LogP contribution in [0, 0.1) is 0 Å². The van der Waals surface area contributed by atoms with Gasteiger partial charge in [0.1, 0.15) is 0 Å². The maximum absolute atomic E-state index is 12.3. The molecule has 0 heterocycles. The zero-order valence-electron chi connectivity index (χ0n) is 13.6. The lowest BCUT2D eigenvalue weighted by molar-refractivity contribution is 0.247. The van der Waals surface area contributed by atoms with E-state index in [1.54, 1.807) is 32.4 Å². The van der Waals surface area contributed by atoms with Gasteiger partial charge in [0.2, 0.25) is 0 Å². The number of halogens is 1. The number of methoxy groups -OCH3 is 2. The van der Waals surface area contributed by atoms with Gasteiger partial charge in [0.25, 0.3) is 0 Å². The fraction of sp³-hybridized carbons (Fsp3) is 0.278. The van der Waals surface area contributed by atoms with E-state index in [1.165, 1.54) is 0 Å². The molecule has 0 aromatic heterocycles. The summed E-state index contributed by atoms with van der Waals surface area (Å²) in [6.07, 6.45) is 1.82. The third-order valence-corrected chi connectivity index (χ3v) is 4.39. The third kappa shape index (κ3) is 3.41. The van der Waals surface area contributed by atoms with Gasteiger partial charge in [0, 0.05) is 16.8 Å². The van der Waals surface area contributed by atoms with E-state index < -0.39 is 0 Å². The number of hydrogen-bond donors (Lipinski definition) is 2. The van der Waals surface area contributed by atoms with Gasteiger partial charge in [-0.15, -0.1) is 0 Å². The van der Waals surface area contributed by atoms with Gasteiger partial charge in [0.15, 0.2) is 11.5 Å². The van der Waals surface area contributed by atoms with Crippen LogP contribution in [0.3, 0.4) is 0 Å². The Morgan fingerprint density at radius 1 is 1.04 bits per heavy atom. The lowest BCUT2D eigenvalue weighted by atomic mass is 10.1. The molecule has 1 saturated carbocycles. The van der Waals surface area contributed by atoms with E-state index in [1.807, 2.05) is 24.3 Å². The summed E-state index contributed by atoms with van der Waals surface area (Å²) in [6, 6.07) is 12.6. The van der Waals surface area contributed by atoms with E-state index in [0.29, 0.717) is 22.2 Å². The number of hydrogen-bond acceptors (Lipinski definition) is 3. The largest absolute Gasteiger partial charge is 0.493 e. The van der Waals surface area contributed by atoms with Crippen molar-refractivity contribution >= 4 is 23.3 Å². The topological polar surface area (TPSA) is 59.6 Å². The van der Waals surface area contributed by atoms with Crippen LogP contribution < -0.4 is 20.1 Å². The highest BCUT2D eigenvalue weighted by atomic mass is 35.5. The van der Waals surface area contributed by atoms with Gasteiger partial charge in [-0.1, -0.05) is 23.7 Å². The summed E-state index contributed by atoms with van der Waals surface area (Å²) in [7, 11) is 3.13. The van der Waals surface area contributed by atoms with Gasteiger partial charge in [-0.25, -0.2) is 4.79 Å². The Hall–Kier alpha value is -2.40. The van der Waals surface area contributed by atoms with Gasteiger partial charge >= 0.3 is 6.03 Å². The summed E-state index contributed by atoms with van der Waals surface area (Å²) in [6.45, 7) is 0. The molecular weight excluding hydrogens is 328 g/mol. The molecule has 1 aliphatic carbocycles. The van der Waals surface area contributed by atoms with Gasteiger partial charge in [-0.3, -0.25) is 0 Å². The summed E-state index contributed by atoms with van der Waals surface area (Å²) >= 11 is 5.93. The molecule has 0 spiro atoms. The summed E-state index contributed by atoms with van der Waals surface area (Å²) in [5, 5.41) is 6.57. The number of amides is 2. The molecule has 0 bridgehead atoms. The van der Waals surface area contributed by atoms with E-state index in [0.717, 1.165) is 18.4 Å². The van der Waals surface area contributed by atoms with E-state index in [2.05, 4.69) is 10.6 Å². The van der Waals surface area contributed by atoms with Gasteiger partial charge in [0.05, 0.1) is 19.8 Å². The van der Waals surface area contributed by atoms with E-state index >= 15 is 0 Å². The Morgan fingerprint density at radius 2 is 1.71 bits per heavy atom. The Kier molecular flexibility index (Phi) is 4.53. The quantitative estimate of drug-likeness (QED) is 0.854. The number of benzene rings is 2. The highest BCUT2D eigenvalue weighted by Gasteiger charge is 2.45. The number of ether oxygens (including phenoxy) is 2. The van der Waals surface area contributed by atoms with Crippen molar-refractivity contribution in [2.24, 2.45) is 0 Å². The number of rotatable bonds is 5. The van der Waals surface area contributed by atoms with E-state index in [9.17, 15) is 4.79 Å². The fourth-order valence-electron chi connectivity index (χ4n) is 2.67. The molecule has 0 aliphatic heterocycles. The summed E-state index contributed by atoms with van der Waals surface area (Å²) in [5.74, 6) is 1.18. The standard InChI is InChI=1S/C18H19ClN2O3/c1-23-15-8-7-14(11-16(15)24-2)20-17(22)21-18(9-10-18)12-3-5-13(19)6-4-12/h3-8,11H,9-10H2,1-2H3,(H2,20,21,22). The number of anilines is 1. The molecule has 0 saturated heterocycles. The second-order valence-electron chi connectivity index (χ2n) is 5.74. The average molecular weight is 347 g/mol. The molecule has 0 radical (unpaired) electrons. The van der Waals surface area contributed by atoms with Crippen molar-refractivity contribution in [3.8, 4) is 11.5 Å². The molecule has 0 unspecified atom stereocenters. The first-order valence-electron chi connectivity index (χ1n) is 7.63. The van der Waals surface area contributed by atoms with Crippen LogP contribution in [0.1, 0.15) is 18.4 Å². The third-order valence-electron chi connectivity index (χ3n) is 4.14. The molecule has 2 aromatic carbocycles. The van der Waals surface area contributed by atoms with Gasteiger partial charge in [-0.05, 0) is 42.7 Å². The van der Waals surface area contributed by atoms with Crippen molar-refractivity contribution in [3.05, 3.63) is 53.1 Å². The Balaban J connectivity index is 1.69. The minimum Gasteiger partial charge on any atom is -0.493 e. The molecule has 0 atom stereocenters. The first-order chi connectivity index (χ1) is 11.6. The summed E-state index contributed by atoms with van der Waals surface area (Å²) < 4.78 is 10.4. The van der Waals surface area contributed by atoms with Crippen LogP contribution in [0.15, 0.2) is 42.5 Å². The SMILES string of the molecule is COc1ccc(NC(=O)NC2(c3ccc(Cl)cc3)CC2)cc1OC. The van der Waals surface area contributed by atoms with Crippen LogP contribution >= 0.6 is 11.6 Å². The van der Waals surface area contributed by atoms with Crippen LogP contribution in [-0.4, -0.2) is 20.3 Å². The molecule has 5 nitrogen and oxygen atoms in total. The van der Waals surface area contributed by atoms with Crippen LogP contribution in [0.25, 0.3) is 0 Å². The molecule has 2 aromatic rings. The van der Waals surface area contributed by atoms with Crippen LogP contribution in [0.2, 0.25) is 5.02 Å². The molecule has 1 aliphatic rings. The Bertz CT molecular complexity index is 742. The molecule has 3 rings (SSSR count). The smallest absolute Gasteiger partial charge is 0.319 e. The lowest BCUT2D eigenvalue weighted by Crippen LogP contribution is -2.38. The molecule has 2 N–H and O–H groups in total. The molecule has 6 heteroatoms. The maximum atomic E-state index is 12.3. The van der Waals surface area contributed by atoms with Gasteiger partial charge in [-0.2, -0.15) is 0 Å². The van der Waals surface area contributed by atoms with Crippen LogP contribution in [0.5, 0.6) is 11.5 Å². The minimum atomic E-state index is -0.300. The molecule has 1 fully saturated rings. The first kappa shape index (κ1) is 16.5. The lowest BCUT2D eigenvalue weighted by Gasteiger charge is -2.19. The van der Waals surface area contributed by atoms with Crippen molar-refractivity contribution in [2.45, 2.75) is 18.4 Å². The van der Waals surface area contributed by atoms with E-state index in [4.69, 9.17) is 21.1 Å². The van der Waals surface area contributed by atoms with Crippen LogP contribution in [0.4, 0.5) is 10.5 Å². The number of urea groups is 1. The Labute approximate surface area is 145 Å². The Morgan fingerprint density at radius 3 is 2.29 bits per heavy atom. The second kappa shape index (κ2) is 6.61. The maximum Gasteiger partial charge on any atom is 0.319 e. The molecule has 126 valence electrons. The zero-order valence-corrected chi connectivity index (χ0v) is 14.3. The number of carbonyl (C=O) groups excluding carboxylic acids is 1. The zero-order chi connectivity index (χ0) is 17.2. The van der Waals surface area contributed by atoms with Crippen molar-refractivity contribution in [3.63, 3.8) is 0 Å². The molecular formula is C18H19ClN2O3. The summed E-state index contributed by atoms with van der Waals surface area (Å²) in [5.41, 5.74) is 1.40. The highest BCUT2D eigenvalue weighted by Crippen LogP contribution is 2.45. The molecule has 2 amide bonds. The van der Waals surface area contributed by atoms with Crippen molar-refractivity contribution in [1.29, 1.82) is 0 Å². The predicted octanol–water partition coefficient (Wildman–Crippen LogP) is 4.17. The van der Waals surface area contributed by atoms with E-state index in [-0.39, 0.29) is 11.6 Å². The number of nitrogens with one attached hydrogen (secondary N) is 2. The average Bonchev–Trinajstić information content (AvgIpc) is 3.35. The van der Waals surface area contributed by atoms with Crippen LogP contribution in [-0.2, 0) is 5.54 Å². The molecule has 24 heavy (non-hydrogen) atoms. The normalized spacial score (nSPS) is 14.6. The number of carbonyl (C=O) groups is 1. The monoisotopic (exact) mass is 346 g/mol. The fourth-order valence-corrected chi connectivity index (χ4v) is 2.80. The minimum absolute atomic E-state index is 0.255. The van der Waals surface area contributed by atoms with Crippen molar-refractivity contribution in [1.82, 2.24) is 5.32 Å². The summed E-state index contributed by atoms with van der Waals surface area (Å²) in [4.78, 5) is 12.3. The predicted molar refractivity (Wildman–Crippen MR) is 94.1 cm³/mol. The van der Waals surface area contributed by atoms with Crippen molar-refractivity contribution < 1.29 is 14.3 Å². The second-order valence-corrected chi connectivity index (χ2v) is 6.17. The van der Waals surface area contributed by atoms with Gasteiger partial charge < -0.3 is 20.1 Å². The van der Waals surface area contributed by atoms with Crippen molar-refractivity contribution in [2.75, 3.05) is 19.5 Å². The first-order valence-corrected chi connectivity index (χ1v) is 8.01.